The largest absolute Gasteiger partial charge is 0.334 e. The summed E-state index contributed by atoms with van der Waals surface area (Å²) in [6.45, 7) is 2.94. The quantitative estimate of drug-likeness (QED) is 0.773. The van der Waals surface area contributed by atoms with Gasteiger partial charge >= 0.3 is 0 Å². The summed E-state index contributed by atoms with van der Waals surface area (Å²) < 4.78 is 0. The normalized spacial score (nSPS) is 14.1. The Kier molecular flexibility index (Phi) is 3.04. The van der Waals surface area contributed by atoms with Gasteiger partial charge in [-0.15, -0.1) is 0 Å². The van der Waals surface area contributed by atoms with Crippen LogP contribution < -0.4 is 0 Å². The third-order valence-corrected chi connectivity index (χ3v) is 2.85. The van der Waals surface area contributed by atoms with E-state index in [0.717, 1.165) is 17.5 Å². The van der Waals surface area contributed by atoms with Gasteiger partial charge in [-0.2, -0.15) is 0 Å². The molecular formula is C13H15NO2. The summed E-state index contributed by atoms with van der Waals surface area (Å²) in [7, 11) is 0. The first kappa shape index (κ1) is 10.9. The van der Waals surface area contributed by atoms with Crippen molar-refractivity contribution in [3.63, 3.8) is 0 Å². The number of amides is 1. The van der Waals surface area contributed by atoms with Crippen LogP contribution in [0.15, 0.2) is 24.3 Å². The molecule has 2 rings (SSSR count). The van der Waals surface area contributed by atoms with E-state index in [9.17, 15) is 9.59 Å². The molecule has 1 amide bonds. The van der Waals surface area contributed by atoms with Gasteiger partial charge in [0.05, 0.1) is 0 Å². The summed E-state index contributed by atoms with van der Waals surface area (Å²) in [6.07, 6.45) is 1.31. The van der Waals surface area contributed by atoms with Gasteiger partial charge in [0, 0.05) is 25.1 Å². The van der Waals surface area contributed by atoms with Crippen LogP contribution in [0.1, 0.15) is 35.7 Å². The van der Waals surface area contributed by atoms with E-state index in [2.05, 4.69) is 0 Å². The van der Waals surface area contributed by atoms with Crippen LogP contribution in [0, 0.1) is 0 Å². The van der Waals surface area contributed by atoms with Crippen molar-refractivity contribution >= 4 is 11.7 Å². The van der Waals surface area contributed by atoms with E-state index in [1.165, 1.54) is 0 Å². The minimum Gasteiger partial charge on any atom is -0.334 e. The van der Waals surface area contributed by atoms with Gasteiger partial charge in [0.1, 0.15) is 5.78 Å². The number of fused-ring (bicyclic) bond motifs is 1. The number of ketones is 1. The van der Waals surface area contributed by atoms with E-state index in [1.807, 2.05) is 29.2 Å². The second kappa shape index (κ2) is 4.47. The molecule has 0 N–H and O–H groups in total. The summed E-state index contributed by atoms with van der Waals surface area (Å²) in [5.74, 6) is 0.281. The van der Waals surface area contributed by atoms with Gasteiger partial charge in [-0.3, -0.25) is 4.79 Å². The summed E-state index contributed by atoms with van der Waals surface area (Å²) >= 11 is 0. The molecule has 84 valence electrons. The minimum absolute atomic E-state index is 0.0964. The van der Waals surface area contributed by atoms with Crippen molar-refractivity contribution in [1.82, 2.24) is 4.90 Å². The molecule has 0 spiro atoms. The van der Waals surface area contributed by atoms with Crippen molar-refractivity contribution in [1.29, 1.82) is 0 Å². The predicted octanol–water partition coefficient (Wildman–Crippen LogP) is 2.01. The van der Waals surface area contributed by atoms with Crippen molar-refractivity contribution in [3.05, 3.63) is 35.4 Å². The molecule has 1 aliphatic heterocycles. The zero-order valence-electron chi connectivity index (χ0n) is 9.40. The number of nitrogens with zero attached hydrogens (tertiary/aromatic N) is 1. The highest BCUT2D eigenvalue weighted by atomic mass is 16.2. The SMILES string of the molecule is CC(=O)CCCN1Cc2ccccc2C1=O. The lowest BCUT2D eigenvalue weighted by atomic mass is 10.1. The van der Waals surface area contributed by atoms with Gasteiger partial charge in [0.25, 0.3) is 5.91 Å². The molecule has 0 radical (unpaired) electrons. The molecule has 16 heavy (non-hydrogen) atoms. The van der Waals surface area contributed by atoms with Crippen LogP contribution in [0.3, 0.4) is 0 Å². The molecule has 1 heterocycles. The van der Waals surface area contributed by atoms with Crippen LogP contribution in [0.25, 0.3) is 0 Å². The standard InChI is InChI=1S/C13H15NO2/c1-10(15)5-4-8-14-9-11-6-2-3-7-12(11)13(14)16/h2-3,6-7H,4-5,8-9H2,1H3. The topological polar surface area (TPSA) is 37.4 Å². The first-order valence-corrected chi connectivity index (χ1v) is 5.55. The number of hydrogen-bond acceptors (Lipinski definition) is 2. The molecule has 0 bridgehead atoms. The molecule has 0 aromatic heterocycles. The lowest BCUT2D eigenvalue weighted by Crippen LogP contribution is -2.25. The maximum Gasteiger partial charge on any atom is 0.254 e. The third kappa shape index (κ3) is 2.13. The molecular weight excluding hydrogens is 202 g/mol. The van der Waals surface area contributed by atoms with Gasteiger partial charge in [-0.05, 0) is 25.0 Å². The smallest absolute Gasteiger partial charge is 0.254 e. The number of carbonyl (C=O) groups excluding carboxylic acids is 2. The minimum atomic E-state index is 0.0964. The fraction of sp³-hybridized carbons (Fsp3) is 0.385. The Labute approximate surface area is 95.1 Å². The van der Waals surface area contributed by atoms with Crippen LogP contribution in [-0.4, -0.2) is 23.1 Å². The van der Waals surface area contributed by atoms with E-state index >= 15 is 0 Å². The Hall–Kier alpha value is -1.64. The molecule has 3 heteroatoms. The summed E-state index contributed by atoms with van der Waals surface area (Å²) in [6, 6.07) is 7.68. The van der Waals surface area contributed by atoms with Crippen LogP contribution >= 0.6 is 0 Å². The summed E-state index contributed by atoms with van der Waals surface area (Å²) in [5, 5.41) is 0. The lowest BCUT2D eigenvalue weighted by molar-refractivity contribution is -0.117. The van der Waals surface area contributed by atoms with E-state index in [0.29, 0.717) is 19.5 Å². The first-order valence-electron chi connectivity index (χ1n) is 5.55. The molecule has 0 atom stereocenters. The van der Waals surface area contributed by atoms with Crippen molar-refractivity contribution in [2.45, 2.75) is 26.3 Å². The number of Topliss-reactive ketones (excluding diaryl/α,β-unsaturated/α-hetero) is 1. The second-order valence-electron chi connectivity index (χ2n) is 4.19. The van der Waals surface area contributed by atoms with Crippen LogP contribution in [0.5, 0.6) is 0 Å². The monoisotopic (exact) mass is 217 g/mol. The zero-order chi connectivity index (χ0) is 11.5. The van der Waals surface area contributed by atoms with E-state index < -0.39 is 0 Å². The molecule has 1 aliphatic rings. The lowest BCUT2D eigenvalue weighted by Gasteiger charge is -2.14. The van der Waals surface area contributed by atoms with Crippen molar-refractivity contribution < 1.29 is 9.59 Å². The van der Waals surface area contributed by atoms with Crippen LogP contribution in [0.2, 0.25) is 0 Å². The molecule has 0 unspecified atom stereocenters. The van der Waals surface area contributed by atoms with E-state index in [4.69, 9.17) is 0 Å². The average Bonchev–Trinajstić information content (AvgIpc) is 2.56. The number of benzene rings is 1. The fourth-order valence-electron chi connectivity index (χ4n) is 2.01. The van der Waals surface area contributed by atoms with Crippen molar-refractivity contribution in [2.24, 2.45) is 0 Å². The maximum atomic E-state index is 11.9. The Balaban J connectivity index is 1.97. The van der Waals surface area contributed by atoms with Gasteiger partial charge in [0.2, 0.25) is 0 Å². The van der Waals surface area contributed by atoms with E-state index in [-0.39, 0.29) is 11.7 Å². The Bertz CT molecular complexity index is 426. The molecule has 0 aliphatic carbocycles. The molecule has 0 saturated heterocycles. The van der Waals surface area contributed by atoms with Crippen molar-refractivity contribution in [2.75, 3.05) is 6.54 Å². The number of hydrogen-bond donors (Lipinski definition) is 0. The van der Waals surface area contributed by atoms with Gasteiger partial charge in [-0.1, -0.05) is 18.2 Å². The highest BCUT2D eigenvalue weighted by Gasteiger charge is 2.25. The number of carbonyl (C=O) groups is 2. The summed E-state index contributed by atoms with van der Waals surface area (Å²) in [5.41, 5.74) is 1.90. The Morgan fingerprint density at radius 3 is 2.81 bits per heavy atom. The predicted molar refractivity (Wildman–Crippen MR) is 61.1 cm³/mol. The average molecular weight is 217 g/mol. The van der Waals surface area contributed by atoms with Gasteiger partial charge in [0.15, 0.2) is 0 Å². The van der Waals surface area contributed by atoms with E-state index in [1.54, 1.807) is 6.92 Å². The first-order chi connectivity index (χ1) is 7.68. The highest BCUT2D eigenvalue weighted by Crippen LogP contribution is 2.22. The Morgan fingerprint density at radius 1 is 1.38 bits per heavy atom. The Morgan fingerprint density at radius 2 is 2.12 bits per heavy atom. The van der Waals surface area contributed by atoms with Gasteiger partial charge < -0.3 is 9.69 Å². The van der Waals surface area contributed by atoms with Crippen molar-refractivity contribution in [3.8, 4) is 0 Å². The zero-order valence-corrected chi connectivity index (χ0v) is 9.40. The number of rotatable bonds is 4. The molecule has 0 fully saturated rings. The second-order valence-corrected chi connectivity index (χ2v) is 4.19. The molecule has 3 nitrogen and oxygen atoms in total. The third-order valence-electron chi connectivity index (χ3n) is 2.85. The van der Waals surface area contributed by atoms with Crippen LogP contribution in [0.4, 0.5) is 0 Å². The molecule has 1 aromatic rings. The summed E-state index contributed by atoms with van der Waals surface area (Å²) in [4.78, 5) is 24.5. The highest BCUT2D eigenvalue weighted by molar-refractivity contribution is 5.98. The van der Waals surface area contributed by atoms with Crippen LogP contribution in [-0.2, 0) is 11.3 Å². The fourth-order valence-corrected chi connectivity index (χ4v) is 2.01. The maximum absolute atomic E-state index is 11.9. The molecule has 0 saturated carbocycles. The van der Waals surface area contributed by atoms with Gasteiger partial charge in [-0.25, -0.2) is 0 Å². The molecule has 1 aromatic carbocycles.